The zero-order valence-electron chi connectivity index (χ0n) is 16.1. The van der Waals surface area contributed by atoms with E-state index in [-0.39, 0.29) is 0 Å². The number of nitrogens with two attached hydrogens (primary N) is 3. The van der Waals surface area contributed by atoms with Gasteiger partial charge in [-0.15, -0.1) is 0 Å². The second-order valence-corrected chi connectivity index (χ2v) is 6.50. The Hall–Kier alpha value is -4.32. The SMILES string of the molecule is Nc1ccccc1Oc1cccc(Oc2ccccc2N)c1Oc1ccccc1N. The van der Waals surface area contributed by atoms with Crippen LogP contribution in [0.4, 0.5) is 17.1 Å². The molecule has 6 N–H and O–H groups in total. The summed E-state index contributed by atoms with van der Waals surface area (Å²) in [4.78, 5) is 0. The minimum Gasteiger partial charge on any atom is -0.451 e. The molecule has 0 bridgehead atoms. The van der Waals surface area contributed by atoms with Crippen LogP contribution in [0.15, 0.2) is 91.0 Å². The molecule has 4 rings (SSSR count). The summed E-state index contributed by atoms with van der Waals surface area (Å²) < 4.78 is 18.3. The molecule has 0 heterocycles. The van der Waals surface area contributed by atoms with Crippen LogP contribution >= 0.6 is 0 Å². The molecular formula is C24H21N3O3. The molecule has 0 aliphatic heterocycles. The van der Waals surface area contributed by atoms with Gasteiger partial charge in [0, 0.05) is 0 Å². The lowest BCUT2D eigenvalue weighted by atomic mass is 10.2. The van der Waals surface area contributed by atoms with Crippen LogP contribution in [0.2, 0.25) is 0 Å². The highest BCUT2D eigenvalue weighted by atomic mass is 16.5. The molecule has 0 saturated heterocycles. The highest BCUT2D eigenvalue weighted by molar-refractivity contribution is 5.63. The summed E-state index contributed by atoms with van der Waals surface area (Å²) in [6, 6.07) is 26.9. The van der Waals surface area contributed by atoms with E-state index in [0.29, 0.717) is 51.6 Å². The molecule has 4 aromatic carbocycles. The third-order valence-electron chi connectivity index (χ3n) is 4.35. The van der Waals surface area contributed by atoms with Crippen LogP contribution in [-0.4, -0.2) is 0 Å². The minimum atomic E-state index is 0.349. The second kappa shape index (κ2) is 8.36. The molecule has 0 spiro atoms. The maximum Gasteiger partial charge on any atom is 0.212 e. The second-order valence-electron chi connectivity index (χ2n) is 6.50. The number of anilines is 3. The molecular weight excluding hydrogens is 378 g/mol. The molecule has 0 aliphatic carbocycles. The molecule has 0 unspecified atom stereocenters. The lowest BCUT2D eigenvalue weighted by Gasteiger charge is -2.18. The third-order valence-corrected chi connectivity index (χ3v) is 4.35. The fourth-order valence-corrected chi connectivity index (χ4v) is 2.82. The average Bonchev–Trinajstić information content (AvgIpc) is 2.75. The molecule has 0 fully saturated rings. The number of benzene rings is 4. The van der Waals surface area contributed by atoms with Gasteiger partial charge in [-0.1, -0.05) is 42.5 Å². The van der Waals surface area contributed by atoms with Gasteiger partial charge in [-0.25, -0.2) is 0 Å². The number of ether oxygens (including phenoxy) is 3. The smallest absolute Gasteiger partial charge is 0.212 e. The van der Waals surface area contributed by atoms with Gasteiger partial charge in [0.1, 0.15) is 0 Å². The van der Waals surface area contributed by atoms with Crippen molar-refractivity contribution in [2.45, 2.75) is 0 Å². The summed E-state index contributed by atoms with van der Waals surface area (Å²) >= 11 is 0. The molecule has 0 atom stereocenters. The number of nitrogen functional groups attached to an aromatic ring is 3. The van der Waals surface area contributed by atoms with Crippen molar-refractivity contribution in [2.75, 3.05) is 17.2 Å². The van der Waals surface area contributed by atoms with Crippen molar-refractivity contribution in [2.24, 2.45) is 0 Å². The van der Waals surface area contributed by atoms with Crippen molar-refractivity contribution >= 4 is 17.1 Å². The van der Waals surface area contributed by atoms with Crippen LogP contribution < -0.4 is 31.4 Å². The Morgan fingerprint density at radius 2 is 0.700 bits per heavy atom. The first-order chi connectivity index (χ1) is 14.6. The predicted octanol–water partition coefficient (Wildman–Crippen LogP) is 5.81. The first-order valence-corrected chi connectivity index (χ1v) is 9.32. The monoisotopic (exact) mass is 399 g/mol. The van der Waals surface area contributed by atoms with E-state index in [0.717, 1.165) is 0 Å². The Bertz CT molecular complexity index is 1110. The van der Waals surface area contributed by atoms with Gasteiger partial charge in [0.25, 0.3) is 0 Å². The number of rotatable bonds is 6. The normalized spacial score (nSPS) is 10.4. The zero-order valence-corrected chi connectivity index (χ0v) is 16.1. The predicted molar refractivity (Wildman–Crippen MR) is 119 cm³/mol. The molecule has 6 nitrogen and oxygen atoms in total. The molecule has 0 aliphatic rings. The van der Waals surface area contributed by atoms with Crippen LogP contribution in [0.25, 0.3) is 0 Å². The number of para-hydroxylation sites is 7. The van der Waals surface area contributed by atoms with Gasteiger partial charge in [0.05, 0.1) is 17.1 Å². The summed E-state index contributed by atoms with van der Waals surface area (Å²) in [6.07, 6.45) is 0. The molecule has 0 aromatic heterocycles. The number of hydrogen-bond acceptors (Lipinski definition) is 6. The lowest BCUT2D eigenvalue weighted by molar-refractivity contribution is 0.388. The van der Waals surface area contributed by atoms with Crippen LogP contribution in [0.1, 0.15) is 0 Å². The summed E-state index contributed by atoms with van der Waals surface area (Å²) in [5, 5.41) is 0. The highest BCUT2D eigenvalue weighted by Crippen LogP contribution is 2.46. The van der Waals surface area contributed by atoms with E-state index in [1.165, 1.54) is 0 Å². The molecule has 0 radical (unpaired) electrons. The quantitative estimate of drug-likeness (QED) is 0.353. The van der Waals surface area contributed by atoms with Crippen molar-refractivity contribution < 1.29 is 14.2 Å². The van der Waals surface area contributed by atoms with Crippen molar-refractivity contribution in [3.8, 4) is 34.5 Å². The lowest BCUT2D eigenvalue weighted by Crippen LogP contribution is -1.98. The summed E-state index contributed by atoms with van der Waals surface area (Å²) in [6.45, 7) is 0. The Kier molecular flexibility index (Phi) is 5.30. The molecule has 6 heteroatoms. The van der Waals surface area contributed by atoms with E-state index in [2.05, 4.69) is 0 Å². The van der Waals surface area contributed by atoms with Crippen LogP contribution in [0.3, 0.4) is 0 Å². The van der Waals surface area contributed by atoms with Gasteiger partial charge in [0.2, 0.25) is 5.75 Å². The first-order valence-electron chi connectivity index (χ1n) is 9.32. The summed E-state index contributed by atoms with van der Waals surface area (Å²) in [7, 11) is 0. The van der Waals surface area contributed by atoms with E-state index in [1.807, 2.05) is 36.4 Å². The van der Waals surface area contributed by atoms with E-state index in [9.17, 15) is 0 Å². The number of hydrogen-bond donors (Lipinski definition) is 3. The topological polar surface area (TPSA) is 106 Å². The van der Waals surface area contributed by atoms with Gasteiger partial charge >= 0.3 is 0 Å². The van der Waals surface area contributed by atoms with Crippen molar-refractivity contribution in [3.05, 3.63) is 91.0 Å². The minimum absolute atomic E-state index is 0.349. The Labute approximate surface area is 174 Å². The van der Waals surface area contributed by atoms with Crippen molar-refractivity contribution in [3.63, 3.8) is 0 Å². The van der Waals surface area contributed by atoms with Gasteiger partial charge < -0.3 is 31.4 Å². The Balaban J connectivity index is 1.78. The maximum absolute atomic E-state index is 6.14. The van der Waals surface area contributed by atoms with Crippen LogP contribution in [0.5, 0.6) is 34.5 Å². The summed E-state index contributed by atoms with van der Waals surface area (Å²) in [5.41, 5.74) is 19.6. The Morgan fingerprint density at radius 1 is 0.367 bits per heavy atom. The van der Waals surface area contributed by atoms with Crippen molar-refractivity contribution in [1.29, 1.82) is 0 Å². The van der Waals surface area contributed by atoms with Gasteiger partial charge in [-0.05, 0) is 48.5 Å². The fourth-order valence-electron chi connectivity index (χ4n) is 2.82. The van der Waals surface area contributed by atoms with Gasteiger partial charge in [-0.3, -0.25) is 0 Å². The standard InChI is InChI=1S/C24H21N3O3/c25-16-8-1-4-11-19(16)28-22-14-7-15-23(29-20-12-5-2-9-17(20)26)24(22)30-21-13-6-3-10-18(21)27/h1-15H,25-27H2. The van der Waals surface area contributed by atoms with E-state index in [1.54, 1.807) is 54.6 Å². The molecule has 4 aromatic rings. The molecule has 30 heavy (non-hydrogen) atoms. The largest absolute Gasteiger partial charge is 0.451 e. The highest BCUT2D eigenvalue weighted by Gasteiger charge is 2.18. The zero-order chi connectivity index (χ0) is 20.9. The Morgan fingerprint density at radius 3 is 1.10 bits per heavy atom. The van der Waals surface area contributed by atoms with Gasteiger partial charge in [-0.2, -0.15) is 0 Å². The third kappa shape index (κ3) is 4.07. The fraction of sp³-hybridized carbons (Fsp3) is 0. The first kappa shape index (κ1) is 19.0. The average molecular weight is 399 g/mol. The van der Waals surface area contributed by atoms with Crippen molar-refractivity contribution in [1.82, 2.24) is 0 Å². The molecule has 0 saturated carbocycles. The van der Waals surface area contributed by atoms with Crippen LogP contribution in [-0.2, 0) is 0 Å². The maximum atomic E-state index is 6.14. The van der Waals surface area contributed by atoms with E-state index < -0.39 is 0 Å². The molecule has 0 amide bonds. The van der Waals surface area contributed by atoms with E-state index >= 15 is 0 Å². The summed E-state index contributed by atoms with van der Waals surface area (Å²) in [5.74, 6) is 2.66. The van der Waals surface area contributed by atoms with Crippen LogP contribution in [0, 0.1) is 0 Å². The van der Waals surface area contributed by atoms with Gasteiger partial charge in [0.15, 0.2) is 28.7 Å². The molecule has 150 valence electrons. The van der Waals surface area contributed by atoms with E-state index in [4.69, 9.17) is 31.4 Å².